The summed E-state index contributed by atoms with van der Waals surface area (Å²) in [4.78, 5) is 9.39. The molecular weight excluding hydrogens is 841 g/mol. The van der Waals surface area contributed by atoms with E-state index in [2.05, 4.69) is 143 Å². The van der Waals surface area contributed by atoms with Crippen LogP contribution in [0.15, 0.2) is 120 Å². The molecular formula is C48H50IrN2OSi-2. The number of nitrogens with zero attached hydrogens (tertiary/aromatic N) is 2. The van der Waals surface area contributed by atoms with Crippen molar-refractivity contribution >= 4 is 35.2 Å². The minimum Gasteiger partial charge on any atom is -0.501 e. The van der Waals surface area contributed by atoms with Crippen molar-refractivity contribution < 1.29 is 24.5 Å². The van der Waals surface area contributed by atoms with Crippen molar-refractivity contribution in [3.05, 3.63) is 139 Å². The Kier molecular flexibility index (Phi) is 12.0. The molecule has 0 aliphatic heterocycles. The second kappa shape index (κ2) is 16.5. The molecule has 4 aromatic carbocycles. The Morgan fingerprint density at radius 1 is 0.736 bits per heavy atom. The van der Waals surface area contributed by atoms with Crippen molar-refractivity contribution in [2.24, 2.45) is 5.92 Å². The van der Waals surface area contributed by atoms with E-state index in [9.17, 15) is 0 Å². The van der Waals surface area contributed by atoms with E-state index in [0.717, 1.165) is 50.4 Å². The molecule has 1 radical (unpaired) electrons. The van der Waals surface area contributed by atoms with Gasteiger partial charge < -0.3 is 14.4 Å². The fraction of sp³-hybridized carbons (Fsp3) is 0.292. The van der Waals surface area contributed by atoms with Crippen LogP contribution in [-0.4, -0.2) is 18.0 Å². The van der Waals surface area contributed by atoms with Crippen LogP contribution in [0.25, 0.3) is 55.6 Å². The number of aromatic nitrogens is 2. The second-order valence-corrected chi connectivity index (χ2v) is 21.5. The molecule has 0 unspecified atom stereocenters. The van der Waals surface area contributed by atoms with Gasteiger partial charge in [-0.3, -0.25) is 0 Å². The fourth-order valence-corrected chi connectivity index (χ4v) is 9.11. The Balaban J connectivity index is 0.000000183. The number of fused-ring (bicyclic) bond motifs is 3. The average Bonchev–Trinajstić information content (AvgIpc) is 3.54. The molecule has 1 fully saturated rings. The van der Waals surface area contributed by atoms with E-state index in [1.165, 1.54) is 55.2 Å². The molecule has 3 nitrogen and oxygen atoms in total. The van der Waals surface area contributed by atoms with E-state index in [0.29, 0.717) is 0 Å². The van der Waals surface area contributed by atoms with Gasteiger partial charge in [0.2, 0.25) is 0 Å². The third-order valence-corrected chi connectivity index (χ3v) is 12.5. The molecule has 0 saturated heterocycles. The summed E-state index contributed by atoms with van der Waals surface area (Å²) in [5.41, 5.74) is 11.0. The number of furan rings is 1. The van der Waals surface area contributed by atoms with Crippen LogP contribution in [0.3, 0.4) is 0 Å². The predicted molar refractivity (Wildman–Crippen MR) is 222 cm³/mol. The minimum absolute atomic E-state index is 0. The zero-order valence-electron chi connectivity index (χ0n) is 31.9. The molecule has 1 aliphatic rings. The summed E-state index contributed by atoms with van der Waals surface area (Å²) in [5, 5.41) is 3.75. The molecule has 1 saturated carbocycles. The van der Waals surface area contributed by atoms with Crippen LogP contribution in [0.4, 0.5) is 0 Å². The van der Waals surface area contributed by atoms with Gasteiger partial charge in [-0.15, -0.1) is 54.1 Å². The van der Waals surface area contributed by atoms with Crippen LogP contribution in [0.5, 0.6) is 0 Å². The maximum absolute atomic E-state index is 6.28. The van der Waals surface area contributed by atoms with Crippen LogP contribution >= 0.6 is 0 Å². The van der Waals surface area contributed by atoms with E-state index in [4.69, 9.17) is 9.40 Å². The zero-order chi connectivity index (χ0) is 36.3. The Labute approximate surface area is 330 Å². The Bertz CT molecular complexity index is 2280. The van der Waals surface area contributed by atoms with Crippen molar-refractivity contribution in [2.45, 2.75) is 84.4 Å². The number of pyridine rings is 2. The molecule has 0 spiro atoms. The van der Waals surface area contributed by atoms with Gasteiger partial charge in [0.05, 0.1) is 13.7 Å². The van der Waals surface area contributed by atoms with E-state index >= 15 is 0 Å². The van der Waals surface area contributed by atoms with Gasteiger partial charge in [0.15, 0.2) is 0 Å². The van der Waals surface area contributed by atoms with Gasteiger partial charge in [-0.25, -0.2) is 0 Å². The van der Waals surface area contributed by atoms with Gasteiger partial charge in [-0.1, -0.05) is 138 Å². The van der Waals surface area contributed by atoms with E-state index in [1.807, 2.05) is 30.5 Å². The van der Waals surface area contributed by atoms with Gasteiger partial charge in [0.25, 0.3) is 0 Å². The molecule has 53 heavy (non-hydrogen) atoms. The van der Waals surface area contributed by atoms with Crippen LogP contribution in [0, 0.1) is 18.1 Å². The summed E-state index contributed by atoms with van der Waals surface area (Å²) in [6, 6.07) is 42.3. The van der Waals surface area contributed by atoms with Crippen LogP contribution in [0.1, 0.15) is 64.0 Å². The number of hydrogen-bond acceptors (Lipinski definition) is 3. The summed E-state index contributed by atoms with van der Waals surface area (Å²) in [6.45, 7) is 13.9. The molecule has 1 aliphatic carbocycles. The molecule has 0 amide bonds. The number of hydrogen-bond donors (Lipinski definition) is 0. The van der Waals surface area contributed by atoms with Crippen LogP contribution < -0.4 is 5.19 Å². The SMILES string of the molecule is CC(C)(C)c1ccnc(-c2[c-]ccc3c2oc2ccc(-c4ccccc4)cc23)c1.C[Si](C)(C)c1cnc(-c2[c-]cccc2)cc1CC1CCCCC1.[Ir]. The third kappa shape index (κ3) is 8.98. The van der Waals surface area contributed by atoms with Gasteiger partial charge in [0.1, 0.15) is 5.58 Å². The van der Waals surface area contributed by atoms with Crippen molar-refractivity contribution in [2.75, 3.05) is 0 Å². The van der Waals surface area contributed by atoms with Crippen molar-refractivity contribution in [1.29, 1.82) is 0 Å². The van der Waals surface area contributed by atoms with Crippen LogP contribution in [-0.2, 0) is 31.9 Å². The molecule has 0 bridgehead atoms. The third-order valence-electron chi connectivity index (χ3n) is 10.4. The summed E-state index contributed by atoms with van der Waals surface area (Å²) < 4.78 is 6.28. The maximum atomic E-state index is 6.28. The first-order chi connectivity index (χ1) is 25.0. The Hall–Kier alpha value is -4.15. The molecule has 3 aromatic heterocycles. The van der Waals surface area contributed by atoms with Crippen LogP contribution in [0.2, 0.25) is 19.6 Å². The standard InChI is InChI=1S/C27H22NO.C21H28NSi.Ir/c1-27(2,3)20-14-15-28-24(17-20)22-11-7-10-21-23-16-19(18-8-5-4-6-9-18)12-13-25(23)29-26(21)22;1-23(2,3)21-16-22-20(18-12-8-5-9-13-18)15-19(21)14-17-10-6-4-7-11-17;/h4-10,12-17H,1-3H3;5,8-9,12,15-17H,4,6-7,10-11,14H2,1-3H3;/q2*-1;. The monoisotopic (exact) mass is 891 g/mol. The minimum atomic E-state index is -1.36. The topological polar surface area (TPSA) is 38.9 Å². The maximum Gasteiger partial charge on any atom is 0.120 e. The molecule has 0 atom stereocenters. The van der Waals surface area contributed by atoms with E-state index in [-0.39, 0.29) is 25.5 Å². The molecule has 273 valence electrons. The molecule has 8 rings (SSSR count). The molecule has 3 heterocycles. The van der Waals surface area contributed by atoms with Gasteiger partial charge in [-0.05, 0) is 69.2 Å². The van der Waals surface area contributed by atoms with Crippen molar-refractivity contribution in [1.82, 2.24) is 9.97 Å². The van der Waals surface area contributed by atoms with Crippen molar-refractivity contribution in [3.63, 3.8) is 0 Å². The summed E-state index contributed by atoms with van der Waals surface area (Å²) in [5.74, 6) is 0.869. The normalized spacial score (nSPS) is 13.7. The Morgan fingerprint density at radius 3 is 2.23 bits per heavy atom. The summed E-state index contributed by atoms with van der Waals surface area (Å²) in [6.07, 6.45) is 12.3. The van der Waals surface area contributed by atoms with E-state index < -0.39 is 8.07 Å². The fourth-order valence-electron chi connectivity index (χ4n) is 7.52. The zero-order valence-corrected chi connectivity index (χ0v) is 35.3. The quantitative estimate of drug-likeness (QED) is 0.123. The second-order valence-electron chi connectivity index (χ2n) is 16.4. The molecule has 7 aromatic rings. The summed E-state index contributed by atoms with van der Waals surface area (Å²) in [7, 11) is -1.36. The number of rotatable bonds is 6. The number of benzene rings is 4. The predicted octanol–water partition coefficient (Wildman–Crippen LogP) is 12.6. The largest absolute Gasteiger partial charge is 0.501 e. The summed E-state index contributed by atoms with van der Waals surface area (Å²) >= 11 is 0. The first kappa shape index (κ1) is 38.6. The van der Waals surface area contributed by atoms with E-state index in [1.54, 1.807) is 10.8 Å². The molecule has 0 N–H and O–H groups in total. The Morgan fingerprint density at radius 2 is 1.51 bits per heavy atom. The van der Waals surface area contributed by atoms with Gasteiger partial charge >= 0.3 is 0 Å². The smallest absolute Gasteiger partial charge is 0.120 e. The average molecular weight is 891 g/mol. The van der Waals surface area contributed by atoms with Gasteiger partial charge in [0, 0.05) is 37.9 Å². The van der Waals surface area contributed by atoms with Gasteiger partial charge in [-0.2, -0.15) is 0 Å². The molecule has 5 heteroatoms. The first-order valence-electron chi connectivity index (χ1n) is 18.9. The van der Waals surface area contributed by atoms with Crippen molar-refractivity contribution in [3.8, 4) is 33.6 Å². The first-order valence-corrected chi connectivity index (χ1v) is 22.4.